The Morgan fingerprint density at radius 3 is 2.59 bits per heavy atom. The van der Waals surface area contributed by atoms with Crippen molar-refractivity contribution >= 4 is 17.4 Å². The van der Waals surface area contributed by atoms with Crippen molar-refractivity contribution in [2.45, 2.75) is 51.0 Å². The van der Waals surface area contributed by atoms with Crippen LogP contribution in [-0.2, 0) is 15.9 Å². The second-order valence-electron chi connectivity index (χ2n) is 11.7. The normalized spacial score (nSPS) is 26.6. The summed E-state index contributed by atoms with van der Waals surface area (Å²) < 4.78 is 10.9. The van der Waals surface area contributed by atoms with E-state index in [0.29, 0.717) is 36.1 Å². The van der Waals surface area contributed by atoms with Crippen LogP contribution < -0.4 is 5.32 Å². The van der Waals surface area contributed by atoms with Crippen molar-refractivity contribution in [2.75, 3.05) is 51.4 Å². The first-order valence-electron chi connectivity index (χ1n) is 13.7. The molecule has 0 unspecified atom stereocenters. The molecule has 8 heteroatoms. The summed E-state index contributed by atoms with van der Waals surface area (Å²) in [7, 11) is 0. The highest BCUT2D eigenvalue weighted by molar-refractivity contribution is 6.33. The van der Waals surface area contributed by atoms with Crippen molar-refractivity contribution in [3.8, 4) is 17.3 Å². The molecule has 1 N–H and O–H groups in total. The number of likely N-dealkylation sites (tertiary alicyclic amines) is 1. The molecule has 3 aliphatic heterocycles. The Morgan fingerprint density at radius 1 is 1.11 bits per heavy atom. The molecule has 1 spiro atoms. The van der Waals surface area contributed by atoms with E-state index in [2.05, 4.69) is 27.3 Å². The average Bonchev–Trinajstić information content (AvgIpc) is 2.89. The van der Waals surface area contributed by atoms with E-state index in [-0.39, 0.29) is 0 Å². The Bertz CT molecular complexity index is 1140. The molecule has 0 bridgehead atoms. The second-order valence-corrected chi connectivity index (χ2v) is 12.1. The minimum Gasteiger partial charge on any atom is -0.381 e. The number of nitrogens with zero attached hydrogens (tertiary/aromatic N) is 4. The quantitative estimate of drug-likeness (QED) is 0.551. The van der Waals surface area contributed by atoms with Crippen LogP contribution >= 0.6 is 11.6 Å². The predicted molar refractivity (Wildman–Crippen MR) is 143 cm³/mol. The van der Waals surface area contributed by atoms with Crippen LogP contribution in [-0.4, -0.2) is 67.0 Å². The predicted octanol–water partition coefficient (Wildman–Crippen LogP) is 4.96. The van der Waals surface area contributed by atoms with Gasteiger partial charge in [-0.1, -0.05) is 17.7 Å². The molecule has 2 aromatic rings. The van der Waals surface area contributed by atoms with E-state index in [0.717, 1.165) is 61.3 Å². The number of nitrogens with one attached hydrogen (secondary N) is 1. The van der Waals surface area contributed by atoms with Gasteiger partial charge in [-0.3, -0.25) is 9.88 Å². The standard InChI is InChI=1S/C29H36ClN5O2/c30-25-14-32-22(12-21-4-6-23(7-5-21)35-17-29(18-35)19-37-20-29)13-24(25)26-2-1-3-27(34-26)33-16-28(15-31)8-10-36-11-9-28/h1-3,13-14,21,23H,4-12,16-20H2,(H,33,34). The van der Waals surface area contributed by atoms with Crippen LogP contribution in [0.1, 0.15) is 44.2 Å². The highest BCUT2D eigenvalue weighted by Crippen LogP contribution is 2.42. The average molecular weight is 522 g/mol. The van der Waals surface area contributed by atoms with E-state index in [4.69, 9.17) is 26.1 Å². The summed E-state index contributed by atoms with van der Waals surface area (Å²) in [5.41, 5.74) is 2.93. The van der Waals surface area contributed by atoms with Gasteiger partial charge in [-0.25, -0.2) is 4.98 Å². The van der Waals surface area contributed by atoms with Crippen LogP contribution in [0, 0.1) is 28.1 Å². The number of aromatic nitrogens is 2. The van der Waals surface area contributed by atoms with E-state index in [9.17, 15) is 5.26 Å². The molecule has 4 fully saturated rings. The van der Waals surface area contributed by atoms with Gasteiger partial charge in [0.25, 0.3) is 0 Å². The van der Waals surface area contributed by atoms with Gasteiger partial charge < -0.3 is 14.8 Å². The van der Waals surface area contributed by atoms with E-state index in [1.54, 1.807) is 6.20 Å². The third-order valence-electron chi connectivity index (χ3n) is 8.96. The molecule has 6 rings (SSSR count). The van der Waals surface area contributed by atoms with Crippen molar-refractivity contribution < 1.29 is 9.47 Å². The molecule has 1 aliphatic carbocycles. The molecule has 7 nitrogen and oxygen atoms in total. The highest BCUT2D eigenvalue weighted by atomic mass is 35.5. The summed E-state index contributed by atoms with van der Waals surface area (Å²) in [5.74, 6) is 1.43. The van der Waals surface area contributed by atoms with Crippen LogP contribution in [0.5, 0.6) is 0 Å². The van der Waals surface area contributed by atoms with Crippen molar-refractivity contribution in [1.29, 1.82) is 5.26 Å². The third-order valence-corrected chi connectivity index (χ3v) is 9.26. The van der Waals surface area contributed by atoms with Crippen molar-refractivity contribution in [3.05, 3.63) is 41.2 Å². The fourth-order valence-corrected chi connectivity index (χ4v) is 6.68. The fraction of sp³-hybridized carbons (Fsp3) is 0.621. The number of halogens is 1. The number of ether oxygens (including phenoxy) is 2. The number of pyridine rings is 2. The lowest BCUT2D eigenvalue weighted by Gasteiger charge is -2.58. The van der Waals surface area contributed by atoms with Gasteiger partial charge in [0.2, 0.25) is 0 Å². The minimum absolute atomic E-state index is 0.404. The summed E-state index contributed by atoms with van der Waals surface area (Å²) in [6.07, 6.45) is 9.32. The number of hydrogen-bond acceptors (Lipinski definition) is 7. The first-order chi connectivity index (χ1) is 18.1. The fourth-order valence-electron chi connectivity index (χ4n) is 6.48. The Balaban J connectivity index is 1.07. The van der Waals surface area contributed by atoms with Crippen LogP contribution in [0.3, 0.4) is 0 Å². The molecular weight excluding hydrogens is 486 g/mol. The third kappa shape index (κ3) is 5.35. The maximum atomic E-state index is 9.75. The molecule has 3 saturated heterocycles. The molecule has 196 valence electrons. The van der Waals surface area contributed by atoms with Gasteiger partial charge in [-0.2, -0.15) is 5.26 Å². The molecule has 0 amide bonds. The van der Waals surface area contributed by atoms with Crippen molar-refractivity contribution in [3.63, 3.8) is 0 Å². The molecule has 1 saturated carbocycles. The van der Waals surface area contributed by atoms with Gasteiger partial charge in [0.05, 0.1) is 35.4 Å². The van der Waals surface area contributed by atoms with Crippen molar-refractivity contribution in [2.24, 2.45) is 16.7 Å². The Labute approximate surface area is 224 Å². The molecule has 0 atom stereocenters. The van der Waals surface area contributed by atoms with Gasteiger partial charge in [-0.05, 0) is 69.1 Å². The first-order valence-corrected chi connectivity index (χ1v) is 14.1. The smallest absolute Gasteiger partial charge is 0.126 e. The van der Waals surface area contributed by atoms with Gasteiger partial charge in [-0.15, -0.1) is 0 Å². The minimum atomic E-state index is -0.404. The van der Waals surface area contributed by atoms with Gasteiger partial charge in [0.15, 0.2) is 0 Å². The lowest BCUT2D eigenvalue weighted by atomic mass is 9.74. The van der Waals surface area contributed by atoms with Gasteiger partial charge >= 0.3 is 0 Å². The summed E-state index contributed by atoms with van der Waals surface area (Å²) in [5, 5.41) is 13.8. The van der Waals surface area contributed by atoms with E-state index < -0.39 is 5.41 Å². The molecule has 0 aromatic carbocycles. The summed E-state index contributed by atoms with van der Waals surface area (Å²) in [6.45, 7) is 6.23. The molecule has 37 heavy (non-hydrogen) atoms. The lowest BCUT2D eigenvalue weighted by molar-refractivity contribution is -0.200. The number of nitriles is 1. The van der Waals surface area contributed by atoms with Gasteiger partial charge in [0.1, 0.15) is 5.82 Å². The lowest BCUT2D eigenvalue weighted by Crippen LogP contribution is -2.68. The Morgan fingerprint density at radius 2 is 1.89 bits per heavy atom. The summed E-state index contributed by atoms with van der Waals surface area (Å²) in [4.78, 5) is 12.2. The summed E-state index contributed by atoms with van der Waals surface area (Å²) >= 11 is 6.59. The monoisotopic (exact) mass is 521 g/mol. The van der Waals surface area contributed by atoms with Crippen LogP contribution in [0.4, 0.5) is 5.82 Å². The largest absolute Gasteiger partial charge is 0.381 e. The Hall–Kier alpha value is -2.24. The summed E-state index contributed by atoms with van der Waals surface area (Å²) in [6, 6.07) is 11.3. The second kappa shape index (κ2) is 10.5. The molecular formula is C29H36ClN5O2. The zero-order valence-electron chi connectivity index (χ0n) is 21.4. The maximum absolute atomic E-state index is 9.75. The van der Waals surface area contributed by atoms with Crippen LogP contribution in [0.15, 0.2) is 30.5 Å². The molecule has 5 heterocycles. The van der Waals surface area contributed by atoms with Gasteiger partial charge in [0, 0.05) is 61.8 Å². The van der Waals surface area contributed by atoms with Crippen LogP contribution in [0.25, 0.3) is 11.3 Å². The van der Waals surface area contributed by atoms with Crippen molar-refractivity contribution in [1.82, 2.24) is 14.9 Å². The zero-order valence-corrected chi connectivity index (χ0v) is 22.2. The zero-order chi connectivity index (χ0) is 25.3. The van der Waals surface area contributed by atoms with E-state index in [1.807, 2.05) is 18.2 Å². The molecule has 4 aliphatic rings. The topological polar surface area (TPSA) is 83.3 Å². The SMILES string of the molecule is N#CC1(CNc2cccc(-c3cc(CC4CCC(N5CC6(COC6)C5)CC4)ncc3Cl)n2)CCOCC1. The highest BCUT2D eigenvalue weighted by Gasteiger charge is 2.50. The maximum Gasteiger partial charge on any atom is 0.126 e. The van der Waals surface area contributed by atoms with Crippen LogP contribution in [0.2, 0.25) is 5.02 Å². The number of anilines is 1. The molecule has 0 radical (unpaired) electrons. The Kier molecular flexibility index (Phi) is 7.11. The number of hydrogen-bond donors (Lipinski definition) is 1. The van der Waals surface area contributed by atoms with E-state index >= 15 is 0 Å². The van der Waals surface area contributed by atoms with E-state index in [1.165, 1.54) is 38.8 Å². The number of rotatable bonds is 7. The molecule has 2 aromatic heterocycles. The first kappa shape index (κ1) is 25.1.